The summed E-state index contributed by atoms with van der Waals surface area (Å²) in [5.41, 5.74) is 1.45. The molecule has 2 aromatic carbocycles. The van der Waals surface area contributed by atoms with Gasteiger partial charge in [0.1, 0.15) is 0 Å². The molecule has 0 saturated heterocycles. The maximum Gasteiger partial charge on any atom is 0.417 e. The van der Waals surface area contributed by atoms with Crippen LogP contribution < -0.4 is 5.32 Å². The van der Waals surface area contributed by atoms with Crippen LogP contribution in [0.5, 0.6) is 0 Å². The molecule has 0 bridgehead atoms. The highest BCUT2D eigenvalue weighted by Crippen LogP contribution is 2.55. The number of nitrogens with zero attached hydrogens (tertiary/aromatic N) is 2. The number of amides is 1. The van der Waals surface area contributed by atoms with E-state index in [0.717, 1.165) is 16.7 Å². The van der Waals surface area contributed by atoms with E-state index in [1.54, 1.807) is 24.4 Å². The summed E-state index contributed by atoms with van der Waals surface area (Å²) in [7, 11) is 1.88. The second-order valence-electron chi connectivity index (χ2n) is 10.9. The summed E-state index contributed by atoms with van der Waals surface area (Å²) < 4.78 is 41.9. The van der Waals surface area contributed by atoms with Gasteiger partial charge in [-0.1, -0.05) is 36.4 Å². The predicted octanol–water partition coefficient (Wildman–Crippen LogP) is 5.66. The Morgan fingerprint density at radius 3 is 2.61 bits per heavy atom. The van der Waals surface area contributed by atoms with Crippen LogP contribution in [0.3, 0.4) is 0 Å². The minimum atomic E-state index is -4.69. The first-order valence-corrected chi connectivity index (χ1v) is 12.9. The van der Waals surface area contributed by atoms with Crippen molar-refractivity contribution >= 4 is 11.6 Å². The zero-order chi connectivity index (χ0) is 27.1. The Morgan fingerprint density at radius 2 is 1.89 bits per heavy atom. The third-order valence-corrected chi connectivity index (χ3v) is 8.37. The molecule has 1 aliphatic heterocycles. The van der Waals surface area contributed by atoms with Gasteiger partial charge >= 0.3 is 6.18 Å². The molecule has 1 aromatic heterocycles. The lowest BCUT2D eigenvalue weighted by atomic mass is 9.56. The number of halogens is 3. The Morgan fingerprint density at radius 1 is 1.13 bits per heavy atom. The van der Waals surface area contributed by atoms with Gasteiger partial charge in [0.2, 0.25) is 0 Å². The van der Waals surface area contributed by atoms with Gasteiger partial charge in [-0.2, -0.15) is 13.2 Å². The normalized spacial score (nSPS) is 25.7. The van der Waals surface area contributed by atoms with Crippen LogP contribution in [-0.2, 0) is 18.4 Å². The number of alkyl halides is 3. The van der Waals surface area contributed by atoms with Gasteiger partial charge in [-0.25, -0.2) is 0 Å². The summed E-state index contributed by atoms with van der Waals surface area (Å²) in [4.78, 5) is 19.4. The fraction of sp³-hybridized carbons (Fsp3) is 0.400. The van der Waals surface area contributed by atoms with E-state index < -0.39 is 23.1 Å². The van der Waals surface area contributed by atoms with Gasteiger partial charge in [0, 0.05) is 30.3 Å². The van der Waals surface area contributed by atoms with E-state index in [9.17, 15) is 23.1 Å². The minimum Gasteiger partial charge on any atom is -0.380 e. The van der Waals surface area contributed by atoms with Crippen molar-refractivity contribution in [3.63, 3.8) is 0 Å². The van der Waals surface area contributed by atoms with Crippen LogP contribution in [-0.4, -0.2) is 46.3 Å². The highest BCUT2D eigenvalue weighted by molar-refractivity contribution is 6.04. The topological polar surface area (TPSA) is 65.5 Å². The molecule has 8 heteroatoms. The average Bonchev–Trinajstić information content (AvgIpc) is 2.98. The van der Waals surface area contributed by atoms with E-state index in [1.807, 2.05) is 61.3 Å². The fourth-order valence-corrected chi connectivity index (χ4v) is 6.37. The van der Waals surface area contributed by atoms with Gasteiger partial charge in [0.25, 0.3) is 5.91 Å². The molecule has 5 rings (SSSR count). The largest absolute Gasteiger partial charge is 0.417 e. The van der Waals surface area contributed by atoms with Gasteiger partial charge < -0.3 is 15.3 Å². The van der Waals surface area contributed by atoms with Gasteiger partial charge in [-0.3, -0.25) is 9.78 Å². The Hall–Kier alpha value is -3.23. The summed E-state index contributed by atoms with van der Waals surface area (Å²) in [6.45, 7) is 2.73. The lowest BCUT2D eigenvalue weighted by Crippen LogP contribution is -2.57. The molecule has 0 unspecified atom stereocenters. The Labute approximate surface area is 220 Å². The summed E-state index contributed by atoms with van der Waals surface area (Å²) in [6, 6.07) is 18.9. The number of aliphatic hydroxyl groups is 1. The average molecular weight is 524 g/mol. The zero-order valence-electron chi connectivity index (χ0n) is 21.6. The molecule has 1 fully saturated rings. The van der Waals surface area contributed by atoms with Crippen molar-refractivity contribution in [1.82, 2.24) is 9.88 Å². The van der Waals surface area contributed by atoms with Crippen molar-refractivity contribution in [2.45, 2.75) is 56.3 Å². The number of nitrogens with one attached hydrogen (secondary N) is 1. The summed E-state index contributed by atoms with van der Waals surface area (Å²) in [5, 5.41) is 13.7. The maximum absolute atomic E-state index is 14.0. The first-order valence-electron chi connectivity index (χ1n) is 12.9. The number of carbonyl (C=O) groups is 1. The van der Waals surface area contributed by atoms with Crippen molar-refractivity contribution < 1.29 is 23.1 Å². The van der Waals surface area contributed by atoms with E-state index in [1.165, 1.54) is 0 Å². The molecule has 1 amide bonds. The first kappa shape index (κ1) is 26.4. The van der Waals surface area contributed by atoms with Crippen molar-refractivity contribution in [3.05, 3.63) is 94.8 Å². The molecule has 2 aliphatic rings. The number of aromatic nitrogens is 1. The number of benzene rings is 2. The van der Waals surface area contributed by atoms with Crippen molar-refractivity contribution in [1.29, 1.82) is 0 Å². The SMILES string of the molecule is Cc1ncccc1NC(=O)c1ccc2c(c1)CN(C)C[C@@H]1C[C@@](O)(C(F)(F)F)CC[C@@]21Cc1ccccc1. The van der Waals surface area contributed by atoms with Crippen LogP contribution >= 0.6 is 0 Å². The lowest BCUT2D eigenvalue weighted by Gasteiger charge is -2.50. The highest BCUT2D eigenvalue weighted by Gasteiger charge is 2.61. The Balaban J connectivity index is 1.57. The minimum absolute atomic E-state index is 0.198. The molecule has 1 aliphatic carbocycles. The van der Waals surface area contributed by atoms with E-state index in [2.05, 4.69) is 10.3 Å². The van der Waals surface area contributed by atoms with Crippen molar-refractivity contribution in [2.24, 2.45) is 5.92 Å². The molecule has 3 atom stereocenters. The quantitative estimate of drug-likeness (QED) is 0.463. The number of carbonyl (C=O) groups excluding carboxylic acids is 1. The van der Waals surface area contributed by atoms with Gasteiger partial charge in [-0.05, 0) is 86.5 Å². The summed E-state index contributed by atoms with van der Waals surface area (Å²) in [6.07, 6.45) is -2.97. The van der Waals surface area contributed by atoms with E-state index in [4.69, 9.17) is 0 Å². The van der Waals surface area contributed by atoms with Gasteiger partial charge in [-0.15, -0.1) is 0 Å². The molecule has 2 heterocycles. The van der Waals surface area contributed by atoms with Crippen LogP contribution in [0.25, 0.3) is 0 Å². The molecular weight excluding hydrogens is 491 g/mol. The predicted molar refractivity (Wildman–Crippen MR) is 140 cm³/mol. The summed E-state index contributed by atoms with van der Waals surface area (Å²) in [5.74, 6) is -0.688. The zero-order valence-corrected chi connectivity index (χ0v) is 21.6. The van der Waals surface area contributed by atoms with E-state index >= 15 is 0 Å². The molecule has 0 spiro atoms. The molecular formula is C30H32F3N3O2. The molecule has 5 nitrogen and oxygen atoms in total. The smallest absolute Gasteiger partial charge is 0.380 e. The van der Waals surface area contributed by atoms with E-state index in [0.29, 0.717) is 36.5 Å². The Kier molecular flexibility index (Phi) is 6.82. The second kappa shape index (κ2) is 9.82. The van der Waals surface area contributed by atoms with Crippen molar-refractivity contribution in [3.8, 4) is 0 Å². The molecule has 3 aromatic rings. The first-order chi connectivity index (χ1) is 18.0. The van der Waals surface area contributed by atoms with Crippen molar-refractivity contribution in [2.75, 3.05) is 18.9 Å². The third kappa shape index (κ3) is 4.83. The third-order valence-electron chi connectivity index (χ3n) is 8.37. The van der Waals surface area contributed by atoms with E-state index in [-0.39, 0.29) is 25.2 Å². The number of rotatable bonds is 4. The fourth-order valence-electron chi connectivity index (χ4n) is 6.37. The molecule has 2 N–H and O–H groups in total. The standard InChI is InChI=1S/C30H32F3N3O2/c1-20-26(9-6-14-34-20)35-27(37)22-10-11-25-23(15-22)18-36(2)19-24-17-29(38,30(31,32)33)13-12-28(24,25)16-21-7-4-3-5-8-21/h3-11,14-15,24,38H,12-13,16-19H2,1-2H3,(H,35,37)/t24-,28-,29+/m0/s1. The molecule has 38 heavy (non-hydrogen) atoms. The maximum atomic E-state index is 14.0. The number of aryl methyl sites for hydroxylation is 1. The number of hydrogen-bond donors (Lipinski definition) is 2. The van der Waals surface area contributed by atoms with Crippen LogP contribution in [0, 0.1) is 12.8 Å². The monoisotopic (exact) mass is 523 g/mol. The lowest BCUT2D eigenvalue weighted by molar-refractivity contribution is -0.279. The second-order valence-corrected chi connectivity index (χ2v) is 10.9. The number of hydrogen-bond acceptors (Lipinski definition) is 4. The van der Waals surface area contributed by atoms with Crippen LogP contribution in [0.1, 0.15) is 52.0 Å². The molecule has 200 valence electrons. The van der Waals surface area contributed by atoms with Gasteiger partial charge in [0.05, 0.1) is 11.4 Å². The molecule has 1 saturated carbocycles. The Bertz CT molecular complexity index is 1330. The van der Waals surface area contributed by atoms with Crippen LogP contribution in [0.2, 0.25) is 0 Å². The van der Waals surface area contributed by atoms with Gasteiger partial charge in [0.15, 0.2) is 5.60 Å². The molecule has 0 radical (unpaired) electrons. The van der Waals surface area contributed by atoms with Crippen LogP contribution in [0.4, 0.5) is 18.9 Å². The number of anilines is 1. The number of fused-ring (bicyclic) bond motifs is 3. The number of pyridine rings is 1. The van der Waals surface area contributed by atoms with Crippen LogP contribution in [0.15, 0.2) is 66.9 Å². The summed E-state index contributed by atoms with van der Waals surface area (Å²) >= 11 is 0. The highest BCUT2D eigenvalue weighted by atomic mass is 19.4.